The summed E-state index contributed by atoms with van der Waals surface area (Å²) in [5, 5.41) is 3.19. The van der Waals surface area contributed by atoms with E-state index in [9.17, 15) is 13.6 Å². The van der Waals surface area contributed by atoms with Gasteiger partial charge < -0.3 is 24.9 Å². The van der Waals surface area contributed by atoms with Gasteiger partial charge in [-0.1, -0.05) is 54.6 Å². The molecule has 4 aromatic rings. The zero-order valence-electron chi connectivity index (χ0n) is 26.5. The lowest BCUT2D eigenvalue weighted by molar-refractivity contribution is -0.113. The first-order valence-electron chi connectivity index (χ1n) is 15.1. The van der Waals surface area contributed by atoms with Crippen LogP contribution in [0.4, 0.5) is 13.9 Å². The molecule has 7 nitrogen and oxygen atoms in total. The summed E-state index contributed by atoms with van der Waals surface area (Å²) < 4.78 is 35.0. The Kier molecular flexibility index (Phi) is 13.3. The van der Waals surface area contributed by atoms with E-state index in [4.69, 9.17) is 9.72 Å². The van der Waals surface area contributed by atoms with E-state index >= 15 is 0 Å². The van der Waals surface area contributed by atoms with Crippen LogP contribution in [-0.2, 0) is 15.8 Å². The van der Waals surface area contributed by atoms with E-state index in [0.29, 0.717) is 37.2 Å². The van der Waals surface area contributed by atoms with Crippen molar-refractivity contribution in [2.75, 3.05) is 58.3 Å². The fourth-order valence-electron chi connectivity index (χ4n) is 6.61. The Bertz CT molecular complexity index is 1590. The maximum Gasteiger partial charge on any atom is 0.254 e. The molecule has 1 unspecified atom stereocenters. The summed E-state index contributed by atoms with van der Waals surface area (Å²) in [6.45, 7) is 3.41. The highest BCUT2D eigenvalue weighted by molar-refractivity contribution is 7.13. The number of carbonyl (C=O) groups is 1. The van der Waals surface area contributed by atoms with Crippen LogP contribution in [0.1, 0.15) is 46.4 Å². The Hall–Kier alpha value is -3.12. The minimum Gasteiger partial charge on any atom is -0.412 e. The first-order valence-corrected chi connectivity index (χ1v) is 16.0. The zero-order chi connectivity index (χ0) is 30.7. The average molecular weight is 708 g/mol. The van der Waals surface area contributed by atoms with Crippen LogP contribution in [0, 0.1) is 11.6 Å². The van der Waals surface area contributed by atoms with Gasteiger partial charge in [-0.3, -0.25) is 4.79 Å². The number of benzene rings is 3. The molecule has 0 bridgehead atoms. The van der Waals surface area contributed by atoms with Crippen LogP contribution in [0.2, 0.25) is 0 Å². The van der Waals surface area contributed by atoms with Crippen molar-refractivity contribution in [3.63, 3.8) is 0 Å². The number of carbonyl (C=O) groups excluding carboxylic acids is 1. The minimum absolute atomic E-state index is 0. The lowest BCUT2D eigenvalue weighted by atomic mass is 9.70. The van der Waals surface area contributed by atoms with Crippen LogP contribution < -0.4 is 4.90 Å². The number of anilines is 1. The van der Waals surface area contributed by atoms with Crippen LogP contribution in [-0.4, -0.2) is 79.6 Å². The van der Waals surface area contributed by atoms with E-state index in [2.05, 4.69) is 39.4 Å². The molecule has 12 heteroatoms. The molecule has 0 aliphatic carbocycles. The van der Waals surface area contributed by atoms with Gasteiger partial charge in [-0.05, 0) is 67.7 Å². The number of hydrogen-bond donors (Lipinski definition) is 0. The van der Waals surface area contributed by atoms with Crippen molar-refractivity contribution in [2.24, 2.45) is 0 Å². The summed E-state index contributed by atoms with van der Waals surface area (Å²) in [7, 11) is 4.04. The first-order chi connectivity index (χ1) is 21.3. The zero-order valence-corrected chi connectivity index (χ0v) is 29.0. The van der Waals surface area contributed by atoms with E-state index in [-0.39, 0.29) is 48.2 Å². The molecule has 3 heterocycles. The quantitative estimate of drug-likeness (QED) is 0.214. The second-order valence-electron chi connectivity index (χ2n) is 12.0. The molecular weight excluding hydrogens is 665 g/mol. The molecule has 1 amide bonds. The Morgan fingerprint density at radius 3 is 2.19 bits per heavy atom. The standard InChI is InChI=1S/C35H38F2N4O2S.2ClH.H2O/c1-39(2)33-38-31(24-44-33)34(27-11-7-4-8-12-27)15-18-40(19-16-34)20-17-35(28-13-14-29(36)30(37)23-28)25-41(21-22-43-35)32(42)26-9-5-3-6-10-26;;;/h3-14,23-24H,15-22,25H2,1-2H3;2*1H;1H2. The van der Waals surface area contributed by atoms with E-state index in [1.165, 1.54) is 11.6 Å². The summed E-state index contributed by atoms with van der Waals surface area (Å²) in [6, 6.07) is 23.8. The maximum atomic E-state index is 14.5. The fraction of sp³-hybridized carbons (Fsp3) is 0.371. The number of nitrogens with zero attached hydrogens (tertiary/aromatic N) is 4. The van der Waals surface area contributed by atoms with Gasteiger partial charge in [0.1, 0.15) is 5.60 Å². The highest BCUT2D eigenvalue weighted by atomic mass is 35.5. The topological polar surface area (TPSA) is 80.4 Å². The highest BCUT2D eigenvalue weighted by Crippen LogP contribution is 2.43. The molecule has 2 saturated heterocycles. The molecule has 0 radical (unpaired) electrons. The number of morpholine rings is 1. The molecule has 1 atom stereocenters. The van der Waals surface area contributed by atoms with Crippen molar-refractivity contribution >= 4 is 47.2 Å². The summed E-state index contributed by atoms with van der Waals surface area (Å²) in [5.41, 5.74) is 2.40. The predicted molar refractivity (Wildman–Crippen MR) is 188 cm³/mol. The van der Waals surface area contributed by atoms with Gasteiger partial charge in [0.15, 0.2) is 16.8 Å². The molecule has 2 aliphatic rings. The van der Waals surface area contributed by atoms with Crippen LogP contribution in [0.3, 0.4) is 0 Å². The summed E-state index contributed by atoms with van der Waals surface area (Å²) in [6.07, 6.45) is 2.35. The lowest BCUT2D eigenvalue weighted by Crippen LogP contribution is -2.53. The van der Waals surface area contributed by atoms with Crippen molar-refractivity contribution in [2.45, 2.75) is 30.3 Å². The Labute approximate surface area is 291 Å². The van der Waals surface area contributed by atoms with Crippen LogP contribution >= 0.6 is 36.2 Å². The van der Waals surface area contributed by atoms with Crippen molar-refractivity contribution < 1.29 is 23.8 Å². The maximum absolute atomic E-state index is 14.5. The Morgan fingerprint density at radius 1 is 0.915 bits per heavy atom. The number of likely N-dealkylation sites (tertiary alicyclic amines) is 1. The third-order valence-electron chi connectivity index (χ3n) is 9.17. The first kappa shape index (κ1) is 38.3. The van der Waals surface area contributed by atoms with Gasteiger partial charge in [0.25, 0.3) is 5.91 Å². The smallest absolute Gasteiger partial charge is 0.254 e. The summed E-state index contributed by atoms with van der Waals surface area (Å²) in [5.74, 6) is -1.90. The number of hydrogen-bond acceptors (Lipinski definition) is 6. The fourth-order valence-corrected chi connectivity index (χ4v) is 7.46. The van der Waals surface area contributed by atoms with Crippen LogP contribution in [0.25, 0.3) is 0 Å². The van der Waals surface area contributed by atoms with Crippen molar-refractivity contribution in [1.29, 1.82) is 0 Å². The average Bonchev–Trinajstić information content (AvgIpc) is 3.58. The van der Waals surface area contributed by atoms with Crippen LogP contribution in [0.15, 0.2) is 84.2 Å². The number of thiazole rings is 1. The molecule has 6 rings (SSSR count). The summed E-state index contributed by atoms with van der Waals surface area (Å²) in [4.78, 5) is 24.7. The molecule has 2 N–H and O–H groups in total. The third kappa shape index (κ3) is 7.96. The number of rotatable bonds is 8. The Morgan fingerprint density at radius 2 is 1.57 bits per heavy atom. The van der Waals surface area contributed by atoms with Gasteiger partial charge in [0.2, 0.25) is 0 Å². The lowest BCUT2D eigenvalue weighted by Gasteiger charge is -2.46. The molecule has 1 aromatic heterocycles. The predicted octanol–water partition coefficient (Wildman–Crippen LogP) is 6.35. The molecular formula is C35H42Cl2F2N4O3S. The largest absolute Gasteiger partial charge is 0.412 e. The molecule has 3 aromatic carbocycles. The SMILES string of the molecule is CN(C)c1nc(C2(c3ccccc3)CCN(CCC3(c4ccc(F)c(F)c4)CN(C(=O)c4ccccc4)CCO3)CC2)cs1.Cl.Cl.O. The van der Waals surface area contributed by atoms with Gasteiger partial charge in [-0.25, -0.2) is 13.8 Å². The number of amides is 1. The molecule has 47 heavy (non-hydrogen) atoms. The molecule has 254 valence electrons. The summed E-state index contributed by atoms with van der Waals surface area (Å²) >= 11 is 1.67. The van der Waals surface area contributed by atoms with Crippen molar-refractivity contribution in [3.8, 4) is 0 Å². The van der Waals surface area contributed by atoms with E-state index in [1.54, 1.807) is 34.4 Å². The van der Waals surface area contributed by atoms with Gasteiger partial charge in [0.05, 0.1) is 18.8 Å². The third-order valence-corrected chi connectivity index (χ3v) is 10.2. The monoisotopic (exact) mass is 706 g/mol. The molecule has 2 fully saturated rings. The van der Waals surface area contributed by atoms with Gasteiger partial charge in [-0.2, -0.15) is 0 Å². The highest BCUT2D eigenvalue weighted by Gasteiger charge is 2.43. The number of piperidine rings is 1. The van der Waals surface area contributed by atoms with E-state index in [0.717, 1.165) is 42.8 Å². The molecule has 2 aliphatic heterocycles. The van der Waals surface area contributed by atoms with Gasteiger partial charge in [0, 0.05) is 43.5 Å². The second kappa shape index (κ2) is 16.3. The number of aromatic nitrogens is 1. The number of ether oxygens (including phenoxy) is 1. The van der Waals surface area contributed by atoms with Gasteiger partial charge >= 0.3 is 0 Å². The van der Waals surface area contributed by atoms with Crippen molar-refractivity contribution in [3.05, 3.63) is 118 Å². The van der Waals surface area contributed by atoms with Gasteiger partial charge in [-0.15, -0.1) is 36.2 Å². The van der Waals surface area contributed by atoms with E-state index < -0.39 is 17.2 Å². The van der Waals surface area contributed by atoms with Crippen molar-refractivity contribution in [1.82, 2.24) is 14.8 Å². The minimum atomic E-state index is -0.958. The normalized spacial score (nSPS) is 19.1. The number of halogens is 4. The molecule has 0 spiro atoms. The Balaban J connectivity index is 0.00000200. The van der Waals surface area contributed by atoms with E-state index in [1.807, 2.05) is 38.4 Å². The molecule has 0 saturated carbocycles. The van der Waals surface area contributed by atoms with Crippen LogP contribution in [0.5, 0.6) is 0 Å². The second-order valence-corrected chi connectivity index (χ2v) is 12.9.